The topological polar surface area (TPSA) is 21.3 Å². The lowest BCUT2D eigenvalue weighted by molar-refractivity contribution is 0.307. The molecule has 2 nitrogen and oxygen atoms in total. The zero-order valence-corrected chi connectivity index (χ0v) is 20.8. The number of hydrogen-bond acceptors (Lipinski definition) is 2. The molecule has 1 N–H and O–H groups in total. The predicted molar refractivity (Wildman–Crippen MR) is 138 cm³/mol. The number of ether oxygens (including phenoxy) is 1. The van der Waals surface area contributed by atoms with Gasteiger partial charge in [-0.15, -0.1) is 0 Å². The van der Waals surface area contributed by atoms with Gasteiger partial charge in [0.25, 0.3) is 0 Å². The van der Waals surface area contributed by atoms with E-state index in [0.717, 1.165) is 26.5 Å². The van der Waals surface area contributed by atoms with E-state index in [-0.39, 0.29) is 5.92 Å². The van der Waals surface area contributed by atoms with Gasteiger partial charge in [-0.05, 0) is 52.3 Å². The van der Waals surface area contributed by atoms with E-state index in [1.54, 1.807) is 0 Å². The number of halogens is 1. The molecule has 0 spiro atoms. The van der Waals surface area contributed by atoms with E-state index < -0.39 is 0 Å². The first-order valence-electron chi connectivity index (χ1n) is 10.8. The Balaban J connectivity index is 1.84. The Labute approximate surface area is 199 Å². The van der Waals surface area contributed by atoms with Gasteiger partial charge in [0.15, 0.2) is 0 Å². The largest absolute Gasteiger partial charge is 0.489 e. The lowest BCUT2D eigenvalue weighted by Crippen LogP contribution is -2.22. The van der Waals surface area contributed by atoms with Gasteiger partial charge in [0.05, 0.1) is 10.9 Å². The Hall–Kier alpha value is -2.17. The van der Waals surface area contributed by atoms with Crippen LogP contribution in [-0.4, -0.2) is 4.99 Å². The minimum atomic E-state index is -0.0820. The van der Waals surface area contributed by atoms with Crippen molar-refractivity contribution < 1.29 is 4.74 Å². The van der Waals surface area contributed by atoms with Crippen LogP contribution in [0.1, 0.15) is 73.3 Å². The maximum absolute atomic E-state index is 6.18. The van der Waals surface area contributed by atoms with Crippen molar-refractivity contribution in [3.8, 4) is 5.75 Å². The van der Waals surface area contributed by atoms with Crippen LogP contribution in [0.5, 0.6) is 5.75 Å². The smallest absolute Gasteiger partial charge is 0.124 e. The van der Waals surface area contributed by atoms with Gasteiger partial charge >= 0.3 is 0 Å². The van der Waals surface area contributed by atoms with Crippen molar-refractivity contribution in [2.75, 3.05) is 5.32 Å². The van der Waals surface area contributed by atoms with Crippen LogP contribution < -0.4 is 10.1 Å². The van der Waals surface area contributed by atoms with Crippen molar-refractivity contribution in [1.29, 1.82) is 0 Å². The number of rotatable bonds is 4. The van der Waals surface area contributed by atoms with Crippen LogP contribution in [-0.2, 0) is 6.61 Å². The van der Waals surface area contributed by atoms with Crippen LogP contribution in [0.25, 0.3) is 0 Å². The number of nitrogens with one attached hydrogen (secondary N) is 1. The number of para-hydroxylation sites is 1. The average Bonchev–Trinajstić information content (AvgIpc) is 2.89. The van der Waals surface area contributed by atoms with Gasteiger partial charge in [-0.25, -0.2) is 0 Å². The zero-order valence-electron chi connectivity index (χ0n) is 18.4. The summed E-state index contributed by atoms with van der Waals surface area (Å²) in [6.45, 7) is 9.47. The van der Waals surface area contributed by atoms with Crippen molar-refractivity contribution in [2.24, 2.45) is 0 Å². The van der Waals surface area contributed by atoms with Gasteiger partial charge in [-0.2, -0.15) is 0 Å². The Bertz CT molecular complexity index is 1100. The molecule has 3 aromatic carbocycles. The molecule has 0 fully saturated rings. The standard InChI is InChI=1S/C27H28BrNOS/c1-16(2)20-10-7-11-21(17(3)4)26(20)29-27(31)25-22-9-6-5-8-18(22)15-30-24-13-12-19(28)14-23(24)25/h5-14,16-17,25H,15H2,1-4H3,(H,29,31). The maximum atomic E-state index is 6.18. The fraction of sp³-hybridized carbons (Fsp3) is 0.296. The van der Waals surface area contributed by atoms with Crippen LogP contribution in [0, 0.1) is 0 Å². The summed E-state index contributed by atoms with van der Waals surface area (Å²) in [5, 5.41) is 3.70. The molecule has 0 amide bonds. The van der Waals surface area contributed by atoms with E-state index in [1.165, 1.54) is 22.3 Å². The van der Waals surface area contributed by atoms with Crippen LogP contribution in [0.15, 0.2) is 65.1 Å². The molecule has 4 heteroatoms. The van der Waals surface area contributed by atoms with Crippen molar-refractivity contribution in [3.05, 3.63) is 93.0 Å². The van der Waals surface area contributed by atoms with Gasteiger partial charge in [-0.3, -0.25) is 0 Å². The molecule has 0 saturated carbocycles. The molecule has 1 atom stereocenters. The Morgan fingerprint density at radius 3 is 2.29 bits per heavy atom. The van der Waals surface area contributed by atoms with Gasteiger partial charge < -0.3 is 10.1 Å². The molecular formula is C27H28BrNOS. The summed E-state index contributed by atoms with van der Waals surface area (Å²) >= 11 is 9.76. The van der Waals surface area contributed by atoms with Gasteiger partial charge in [0.1, 0.15) is 12.4 Å². The second-order valence-electron chi connectivity index (χ2n) is 8.71. The summed E-state index contributed by atoms with van der Waals surface area (Å²) in [7, 11) is 0. The number of hydrogen-bond donors (Lipinski definition) is 1. The monoisotopic (exact) mass is 493 g/mol. The first-order valence-corrected chi connectivity index (χ1v) is 12.0. The quantitative estimate of drug-likeness (QED) is 0.370. The molecular weight excluding hydrogens is 466 g/mol. The molecule has 1 aliphatic heterocycles. The van der Waals surface area contributed by atoms with Gasteiger partial charge in [0.2, 0.25) is 0 Å². The van der Waals surface area contributed by atoms with Crippen LogP contribution in [0.4, 0.5) is 5.69 Å². The Morgan fingerprint density at radius 1 is 0.935 bits per heavy atom. The molecule has 4 rings (SSSR count). The highest BCUT2D eigenvalue weighted by Crippen LogP contribution is 2.41. The van der Waals surface area contributed by atoms with Crippen molar-refractivity contribution in [3.63, 3.8) is 0 Å². The van der Waals surface area contributed by atoms with Crippen LogP contribution >= 0.6 is 28.1 Å². The number of benzene rings is 3. The summed E-state index contributed by atoms with van der Waals surface area (Å²) in [6, 6.07) is 21.2. The third kappa shape index (κ3) is 4.42. The highest BCUT2D eigenvalue weighted by molar-refractivity contribution is 9.10. The fourth-order valence-corrected chi connectivity index (χ4v) is 5.05. The molecule has 1 unspecified atom stereocenters. The summed E-state index contributed by atoms with van der Waals surface area (Å²) in [4.78, 5) is 0.798. The van der Waals surface area contributed by atoms with E-state index in [0.29, 0.717) is 18.4 Å². The first kappa shape index (κ1) is 22.0. The Kier molecular flexibility index (Phi) is 6.49. The fourth-order valence-electron chi connectivity index (χ4n) is 4.32. The molecule has 0 bridgehead atoms. The molecule has 3 aromatic rings. The molecule has 0 aliphatic carbocycles. The van der Waals surface area contributed by atoms with E-state index in [1.807, 2.05) is 12.1 Å². The number of anilines is 1. The minimum Gasteiger partial charge on any atom is -0.489 e. The van der Waals surface area contributed by atoms with Crippen molar-refractivity contribution >= 4 is 38.8 Å². The van der Waals surface area contributed by atoms with Gasteiger partial charge in [0, 0.05) is 15.7 Å². The molecule has 31 heavy (non-hydrogen) atoms. The molecule has 1 aliphatic rings. The van der Waals surface area contributed by atoms with Crippen LogP contribution in [0.2, 0.25) is 0 Å². The van der Waals surface area contributed by atoms with E-state index >= 15 is 0 Å². The highest BCUT2D eigenvalue weighted by Gasteiger charge is 2.29. The molecule has 0 radical (unpaired) electrons. The van der Waals surface area contributed by atoms with E-state index in [9.17, 15) is 0 Å². The second kappa shape index (κ2) is 9.13. The summed E-state index contributed by atoms with van der Waals surface area (Å²) < 4.78 is 7.20. The number of fused-ring (bicyclic) bond motifs is 2. The molecule has 0 saturated heterocycles. The number of thiocarbonyl (C=S) groups is 1. The van der Waals surface area contributed by atoms with Crippen LogP contribution in [0.3, 0.4) is 0 Å². The third-order valence-corrected chi connectivity index (χ3v) is 6.75. The van der Waals surface area contributed by atoms with Crippen molar-refractivity contribution in [2.45, 2.75) is 52.1 Å². The average molecular weight is 494 g/mol. The highest BCUT2D eigenvalue weighted by atomic mass is 79.9. The normalized spacial score (nSPS) is 15.1. The first-order chi connectivity index (χ1) is 14.9. The summed E-state index contributed by atoms with van der Waals surface area (Å²) in [5.74, 6) is 1.60. The third-order valence-electron chi connectivity index (χ3n) is 5.92. The second-order valence-corrected chi connectivity index (χ2v) is 10.1. The minimum absolute atomic E-state index is 0.0820. The van der Waals surface area contributed by atoms with E-state index in [2.05, 4.69) is 97.5 Å². The van der Waals surface area contributed by atoms with Crippen molar-refractivity contribution in [1.82, 2.24) is 0 Å². The Morgan fingerprint density at radius 2 is 1.61 bits per heavy atom. The van der Waals surface area contributed by atoms with Gasteiger partial charge in [-0.1, -0.05) is 98.3 Å². The molecule has 160 valence electrons. The lowest BCUT2D eigenvalue weighted by Gasteiger charge is -2.26. The summed E-state index contributed by atoms with van der Waals surface area (Å²) in [5.41, 5.74) is 7.19. The maximum Gasteiger partial charge on any atom is 0.124 e. The zero-order chi connectivity index (χ0) is 22.1. The lowest BCUT2D eigenvalue weighted by atomic mass is 9.87. The SMILES string of the molecule is CC(C)c1cccc(C(C)C)c1NC(=S)C1c2ccccc2COc2ccc(Br)cc21. The predicted octanol–water partition coefficient (Wildman–Crippen LogP) is 8.16. The molecule has 1 heterocycles. The van der Waals surface area contributed by atoms with E-state index in [4.69, 9.17) is 17.0 Å². The summed E-state index contributed by atoms with van der Waals surface area (Å²) in [6.07, 6.45) is 0. The molecule has 0 aromatic heterocycles.